The molecule has 1 heterocycles. The molecule has 5 rings (SSSR count). The second kappa shape index (κ2) is 10.4. The summed E-state index contributed by atoms with van der Waals surface area (Å²) in [6.07, 6.45) is 6.98. The van der Waals surface area contributed by atoms with Crippen LogP contribution >= 0.6 is 0 Å². The maximum Gasteiger partial charge on any atom is 0.251 e. The lowest BCUT2D eigenvalue weighted by Gasteiger charge is -2.32. The van der Waals surface area contributed by atoms with Crippen molar-refractivity contribution < 1.29 is 4.79 Å². The van der Waals surface area contributed by atoms with Crippen LogP contribution in [0.4, 0.5) is 0 Å². The van der Waals surface area contributed by atoms with E-state index in [2.05, 4.69) is 76.9 Å². The third kappa shape index (κ3) is 5.54. The Morgan fingerprint density at radius 1 is 0.818 bits per heavy atom. The lowest BCUT2D eigenvalue weighted by molar-refractivity contribution is 0.0932. The average molecular weight is 439 g/mol. The third-order valence-corrected chi connectivity index (χ3v) is 7.37. The fourth-order valence-corrected chi connectivity index (χ4v) is 5.46. The van der Waals surface area contributed by atoms with Gasteiger partial charge in [0.25, 0.3) is 5.91 Å². The summed E-state index contributed by atoms with van der Waals surface area (Å²) in [6, 6.07) is 27.7. The van der Waals surface area contributed by atoms with E-state index in [1.165, 1.54) is 41.5 Å². The molecule has 3 heteroatoms. The molecule has 33 heavy (non-hydrogen) atoms. The van der Waals surface area contributed by atoms with Crippen LogP contribution in [0.5, 0.6) is 0 Å². The zero-order chi connectivity index (χ0) is 22.5. The molecule has 1 fully saturated rings. The fourth-order valence-electron chi connectivity index (χ4n) is 5.46. The zero-order valence-corrected chi connectivity index (χ0v) is 19.4. The first-order valence-corrected chi connectivity index (χ1v) is 12.5. The maximum absolute atomic E-state index is 12.9. The minimum absolute atomic E-state index is 0.0324. The highest BCUT2D eigenvalue weighted by molar-refractivity contribution is 5.94. The first-order valence-electron chi connectivity index (χ1n) is 12.5. The summed E-state index contributed by atoms with van der Waals surface area (Å²) >= 11 is 0. The molecule has 1 N–H and O–H groups in total. The van der Waals surface area contributed by atoms with E-state index in [9.17, 15) is 4.79 Å². The van der Waals surface area contributed by atoms with E-state index in [-0.39, 0.29) is 11.9 Å². The number of nitrogens with zero attached hydrogens (tertiary/aromatic N) is 1. The van der Waals surface area contributed by atoms with Crippen molar-refractivity contribution in [2.24, 2.45) is 5.92 Å². The monoisotopic (exact) mass is 438 g/mol. The highest BCUT2D eigenvalue weighted by Gasteiger charge is 2.22. The highest BCUT2D eigenvalue weighted by atomic mass is 16.1. The lowest BCUT2D eigenvalue weighted by Crippen LogP contribution is -2.34. The number of piperidine rings is 1. The summed E-state index contributed by atoms with van der Waals surface area (Å²) in [4.78, 5) is 15.4. The summed E-state index contributed by atoms with van der Waals surface area (Å²) in [5, 5.41) is 3.27. The average Bonchev–Trinajstić information content (AvgIpc) is 2.86. The summed E-state index contributed by atoms with van der Waals surface area (Å²) in [6.45, 7) is 3.28. The molecule has 0 aromatic heterocycles. The molecule has 170 valence electrons. The second-order valence-electron chi connectivity index (χ2n) is 9.72. The minimum atomic E-state index is 0.0324. The molecule has 0 radical (unpaired) electrons. The predicted molar refractivity (Wildman–Crippen MR) is 134 cm³/mol. The third-order valence-electron chi connectivity index (χ3n) is 7.37. The van der Waals surface area contributed by atoms with Crippen molar-refractivity contribution >= 4 is 5.91 Å². The van der Waals surface area contributed by atoms with Crippen molar-refractivity contribution in [3.05, 3.63) is 107 Å². The fraction of sp³-hybridized carbons (Fsp3) is 0.367. The van der Waals surface area contributed by atoms with Crippen LogP contribution in [0.3, 0.4) is 0 Å². The molecule has 0 spiro atoms. The van der Waals surface area contributed by atoms with Gasteiger partial charge in [-0.25, -0.2) is 0 Å². The highest BCUT2D eigenvalue weighted by Crippen LogP contribution is 2.29. The van der Waals surface area contributed by atoms with Gasteiger partial charge in [0.1, 0.15) is 0 Å². The standard InChI is InChI=1S/C30H34N2O/c33-30(31-29-12-6-10-26-9-4-5-11-28(26)29)27-15-13-25(14-16-27)22-32-19-17-24(18-20-32)21-23-7-2-1-3-8-23/h1-5,7-9,11,13-16,24,29H,6,10,12,17-22H2,(H,31,33)/t29-/m0/s1. The van der Waals surface area contributed by atoms with Gasteiger partial charge in [0, 0.05) is 12.1 Å². The number of likely N-dealkylation sites (tertiary alicyclic amines) is 1. The Balaban J connectivity index is 1.12. The Bertz CT molecular complexity index is 1050. The molecule has 1 amide bonds. The van der Waals surface area contributed by atoms with Gasteiger partial charge in [-0.2, -0.15) is 0 Å². The van der Waals surface area contributed by atoms with E-state index >= 15 is 0 Å². The van der Waals surface area contributed by atoms with Gasteiger partial charge in [-0.1, -0.05) is 66.7 Å². The molecule has 0 saturated carbocycles. The van der Waals surface area contributed by atoms with Crippen LogP contribution in [0.15, 0.2) is 78.9 Å². The van der Waals surface area contributed by atoms with Crippen LogP contribution in [-0.4, -0.2) is 23.9 Å². The molecule has 3 nitrogen and oxygen atoms in total. The quantitative estimate of drug-likeness (QED) is 0.516. The SMILES string of the molecule is O=C(N[C@H]1CCCc2ccccc21)c1ccc(CN2CCC(Cc3ccccc3)CC2)cc1. The molecule has 1 aliphatic heterocycles. The van der Waals surface area contributed by atoms with Crippen LogP contribution in [0.25, 0.3) is 0 Å². The Labute approximate surface area is 197 Å². The number of carbonyl (C=O) groups excluding carboxylic acids is 1. The Kier molecular flexibility index (Phi) is 6.87. The van der Waals surface area contributed by atoms with E-state index in [0.717, 1.165) is 50.4 Å². The summed E-state index contributed by atoms with van der Waals surface area (Å²) in [5.41, 5.74) is 6.15. The molecule has 3 aromatic carbocycles. The van der Waals surface area contributed by atoms with Gasteiger partial charge in [0.2, 0.25) is 0 Å². The van der Waals surface area contributed by atoms with Crippen molar-refractivity contribution in [1.82, 2.24) is 10.2 Å². The van der Waals surface area contributed by atoms with Crippen LogP contribution in [0, 0.1) is 5.92 Å². The Morgan fingerprint density at radius 2 is 1.55 bits per heavy atom. The van der Waals surface area contributed by atoms with Gasteiger partial charge in [-0.05, 0) is 91.9 Å². The summed E-state index contributed by atoms with van der Waals surface area (Å²) in [5.74, 6) is 0.824. The molecule has 1 saturated heterocycles. The Morgan fingerprint density at radius 3 is 2.33 bits per heavy atom. The molecular formula is C30H34N2O. The number of amides is 1. The molecule has 1 aliphatic carbocycles. The predicted octanol–water partition coefficient (Wildman–Crippen LogP) is 5.95. The number of hydrogen-bond acceptors (Lipinski definition) is 2. The number of carbonyl (C=O) groups is 1. The molecule has 0 bridgehead atoms. The van der Waals surface area contributed by atoms with Crippen molar-refractivity contribution in [1.29, 1.82) is 0 Å². The van der Waals surface area contributed by atoms with Crippen molar-refractivity contribution in [2.75, 3.05) is 13.1 Å². The van der Waals surface area contributed by atoms with E-state index in [0.29, 0.717) is 0 Å². The van der Waals surface area contributed by atoms with Gasteiger partial charge in [0.15, 0.2) is 0 Å². The number of rotatable bonds is 6. The van der Waals surface area contributed by atoms with Crippen LogP contribution in [-0.2, 0) is 19.4 Å². The van der Waals surface area contributed by atoms with E-state index in [1.807, 2.05) is 12.1 Å². The summed E-state index contributed by atoms with van der Waals surface area (Å²) in [7, 11) is 0. The minimum Gasteiger partial charge on any atom is -0.345 e. The first-order chi connectivity index (χ1) is 16.2. The van der Waals surface area contributed by atoms with E-state index in [1.54, 1.807) is 0 Å². The molecule has 1 atom stereocenters. The zero-order valence-electron chi connectivity index (χ0n) is 19.4. The molecular weight excluding hydrogens is 404 g/mol. The van der Waals surface area contributed by atoms with Gasteiger partial charge >= 0.3 is 0 Å². The van der Waals surface area contributed by atoms with Gasteiger partial charge in [-0.15, -0.1) is 0 Å². The van der Waals surface area contributed by atoms with Gasteiger partial charge in [0.05, 0.1) is 6.04 Å². The van der Waals surface area contributed by atoms with Crippen molar-refractivity contribution in [3.63, 3.8) is 0 Å². The number of aryl methyl sites for hydroxylation is 1. The number of fused-ring (bicyclic) bond motifs is 1. The lowest BCUT2D eigenvalue weighted by atomic mass is 9.87. The van der Waals surface area contributed by atoms with Crippen LogP contribution < -0.4 is 5.32 Å². The van der Waals surface area contributed by atoms with Gasteiger partial charge < -0.3 is 5.32 Å². The maximum atomic E-state index is 12.9. The first kappa shape index (κ1) is 21.9. The topological polar surface area (TPSA) is 32.3 Å². The molecule has 3 aromatic rings. The number of hydrogen-bond donors (Lipinski definition) is 1. The molecule has 0 unspecified atom stereocenters. The van der Waals surface area contributed by atoms with Crippen LogP contribution in [0.2, 0.25) is 0 Å². The van der Waals surface area contributed by atoms with Crippen molar-refractivity contribution in [2.45, 2.75) is 51.1 Å². The van der Waals surface area contributed by atoms with Crippen molar-refractivity contribution in [3.8, 4) is 0 Å². The smallest absolute Gasteiger partial charge is 0.251 e. The normalized spacial score (nSPS) is 19.1. The van der Waals surface area contributed by atoms with Crippen LogP contribution in [0.1, 0.15) is 64.3 Å². The molecule has 2 aliphatic rings. The number of nitrogens with one attached hydrogen (secondary N) is 1. The number of benzene rings is 3. The Hall–Kier alpha value is -2.91. The largest absolute Gasteiger partial charge is 0.345 e. The van der Waals surface area contributed by atoms with E-state index in [4.69, 9.17) is 0 Å². The van der Waals surface area contributed by atoms with E-state index < -0.39 is 0 Å². The van der Waals surface area contributed by atoms with Gasteiger partial charge in [-0.3, -0.25) is 9.69 Å². The summed E-state index contributed by atoms with van der Waals surface area (Å²) < 4.78 is 0. The second-order valence-corrected chi connectivity index (χ2v) is 9.72.